The molecule has 0 aliphatic heterocycles. The van der Waals surface area contributed by atoms with Gasteiger partial charge < -0.3 is 9.55 Å². The van der Waals surface area contributed by atoms with Gasteiger partial charge in [0.1, 0.15) is 0 Å². The molecule has 2 heteroatoms. The number of aromatic nitrogens is 2. The Bertz CT molecular complexity index is 1490. The lowest BCUT2D eigenvalue weighted by atomic mass is 9.96. The molecular formula is C31H34N2. The zero-order valence-corrected chi connectivity index (χ0v) is 20.7. The first-order valence-electron chi connectivity index (χ1n) is 12.0. The van der Waals surface area contributed by atoms with E-state index in [1.54, 1.807) is 0 Å². The summed E-state index contributed by atoms with van der Waals surface area (Å²) in [6, 6.07) is 19.9. The molecule has 0 radical (unpaired) electrons. The summed E-state index contributed by atoms with van der Waals surface area (Å²) in [5, 5.41) is 3.92. The lowest BCUT2D eigenvalue weighted by molar-refractivity contribution is 0.971. The summed E-state index contributed by atoms with van der Waals surface area (Å²) in [5.74, 6) is 0. The van der Waals surface area contributed by atoms with Crippen LogP contribution in [0.4, 0.5) is 0 Å². The Morgan fingerprint density at radius 1 is 0.909 bits per heavy atom. The van der Waals surface area contributed by atoms with E-state index in [1.165, 1.54) is 60.7 Å². The van der Waals surface area contributed by atoms with E-state index in [0.29, 0.717) is 0 Å². The minimum absolute atomic E-state index is 1.01. The quantitative estimate of drug-likeness (QED) is 0.272. The molecule has 1 N–H and O–H groups in total. The van der Waals surface area contributed by atoms with Crippen LogP contribution in [-0.2, 0) is 13.5 Å². The van der Waals surface area contributed by atoms with Gasteiger partial charge in [0, 0.05) is 39.8 Å². The van der Waals surface area contributed by atoms with E-state index >= 15 is 0 Å². The molecule has 0 amide bonds. The molecule has 5 aromatic rings. The Labute approximate surface area is 197 Å². The van der Waals surface area contributed by atoms with Crippen molar-refractivity contribution in [2.75, 3.05) is 0 Å². The van der Waals surface area contributed by atoms with E-state index in [1.807, 2.05) is 20.8 Å². The first kappa shape index (κ1) is 22.7. The van der Waals surface area contributed by atoms with E-state index in [9.17, 15) is 0 Å². The summed E-state index contributed by atoms with van der Waals surface area (Å²) < 4.78 is 2.40. The topological polar surface area (TPSA) is 20.7 Å². The maximum absolute atomic E-state index is 3.60. The molecular weight excluding hydrogens is 400 g/mol. The second kappa shape index (κ2) is 9.54. The number of hydrogen-bond donors (Lipinski definition) is 1. The van der Waals surface area contributed by atoms with Crippen molar-refractivity contribution in [1.82, 2.24) is 9.55 Å². The van der Waals surface area contributed by atoms with Crippen LogP contribution in [-0.4, -0.2) is 9.55 Å². The van der Waals surface area contributed by atoms with Gasteiger partial charge in [0.05, 0.1) is 11.2 Å². The number of fused-ring (bicyclic) bond motifs is 5. The lowest BCUT2D eigenvalue weighted by Crippen LogP contribution is -1.97. The van der Waals surface area contributed by atoms with Gasteiger partial charge >= 0.3 is 0 Å². The Balaban J connectivity index is 0.00000126. The smallest absolute Gasteiger partial charge is 0.0586 e. The highest BCUT2D eigenvalue weighted by atomic mass is 15.0. The third-order valence-electron chi connectivity index (χ3n) is 6.44. The summed E-state index contributed by atoms with van der Waals surface area (Å²) in [5.41, 5.74) is 10.3. The van der Waals surface area contributed by atoms with Crippen molar-refractivity contribution in [3.8, 4) is 11.3 Å². The van der Waals surface area contributed by atoms with Crippen LogP contribution < -0.4 is 0 Å². The number of aryl methyl sites for hydroxylation is 3. The Morgan fingerprint density at radius 2 is 1.70 bits per heavy atom. The van der Waals surface area contributed by atoms with Crippen LogP contribution in [0.2, 0.25) is 0 Å². The molecule has 0 unspecified atom stereocenters. The predicted molar refractivity (Wildman–Crippen MR) is 147 cm³/mol. The van der Waals surface area contributed by atoms with E-state index in [-0.39, 0.29) is 0 Å². The van der Waals surface area contributed by atoms with E-state index in [2.05, 4.69) is 109 Å². The van der Waals surface area contributed by atoms with Crippen molar-refractivity contribution in [2.24, 2.45) is 7.05 Å². The van der Waals surface area contributed by atoms with Gasteiger partial charge in [-0.15, -0.1) is 0 Å². The van der Waals surface area contributed by atoms with Gasteiger partial charge in [-0.3, -0.25) is 0 Å². The van der Waals surface area contributed by atoms with Gasteiger partial charge in [-0.25, -0.2) is 0 Å². The average molecular weight is 435 g/mol. The Hall–Kier alpha value is -3.52. The monoisotopic (exact) mass is 434 g/mol. The highest BCUT2D eigenvalue weighted by Crippen LogP contribution is 2.40. The number of H-pyrrole nitrogens is 1. The maximum atomic E-state index is 3.60. The fraction of sp³-hybridized carbons (Fsp3) is 0.226. The number of hydrogen-bond acceptors (Lipinski definition) is 0. The molecule has 3 aromatic carbocycles. The van der Waals surface area contributed by atoms with E-state index in [0.717, 1.165) is 6.42 Å². The molecule has 0 saturated heterocycles. The van der Waals surface area contributed by atoms with Crippen LogP contribution in [0.5, 0.6) is 0 Å². The molecule has 2 heterocycles. The molecule has 0 fully saturated rings. The number of para-hydroxylation sites is 1. The summed E-state index contributed by atoms with van der Waals surface area (Å²) in [6.07, 6.45) is 9.42. The molecule has 0 saturated carbocycles. The summed E-state index contributed by atoms with van der Waals surface area (Å²) in [6.45, 7) is 10.5. The molecule has 0 aliphatic carbocycles. The molecule has 2 nitrogen and oxygen atoms in total. The summed E-state index contributed by atoms with van der Waals surface area (Å²) in [4.78, 5) is 3.60. The molecule has 0 atom stereocenters. The van der Waals surface area contributed by atoms with Gasteiger partial charge in [0.2, 0.25) is 0 Å². The predicted octanol–water partition coefficient (Wildman–Crippen LogP) is 8.97. The SMILES string of the molecule is C/C=C\C=C/c1ccc(CC)c(-c2c(C)c3ccc4[nH]c5ccccc5c4c3n2C)c1.CC. The van der Waals surface area contributed by atoms with Crippen LogP contribution in [0, 0.1) is 6.92 Å². The number of benzene rings is 3. The van der Waals surface area contributed by atoms with Gasteiger partial charge in [0.15, 0.2) is 0 Å². The number of allylic oxidation sites excluding steroid dienone is 3. The zero-order chi connectivity index (χ0) is 23.5. The van der Waals surface area contributed by atoms with Crippen LogP contribution in [0.15, 0.2) is 72.8 Å². The Morgan fingerprint density at radius 3 is 2.45 bits per heavy atom. The molecule has 168 valence electrons. The van der Waals surface area contributed by atoms with Gasteiger partial charge in [-0.2, -0.15) is 0 Å². The Kier molecular flexibility index (Phi) is 6.55. The minimum atomic E-state index is 1.01. The third-order valence-corrected chi connectivity index (χ3v) is 6.44. The normalized spacial score (nSPS) is 11.8. The molecule has 0 spiro atoms. The van der Waals surface area contributed by atoms with E-state index < -0.39 is 0 Å². The summed E-state index contributed by atoms with van der Waals surface area (Å²) >= 11 is 0. The number of nitrogens with zero attached hydrogens (tertiary/aromatic N) is 1. The third kappa shape index (κ3) is 3.80. The van der Waals surface area contributed by atoms with Crippen molar-refractivity contribution in [2.45, 2.75) is 41.0 Å². The molecule has 0 bridgehead atoms. The van der Waals surface area contributed by atoms with Gasteiger partial charge in [0.25, 0.3) is 0 Å². The summed E-state index contributed by atoms with van der Waals surface area (Å²) in [7, 11) is 2.22. The number of nitrogens with one attached hydrogen (secondary N) is 1. The standard InChI is InChI=1S/C29H28N2.C2H6/c1-5-7-8-11-20-14-15-21(6-2)24(18-20)28-19(3)22-16-17-26-27(29(22)31(28)4)23-12-9-10-13-25(23)30-26;1-2/h5,7-18,30H,6H2,1-4H3;1-2H3/b7-5-,11-8-;. The number of aromatic amines is 1. The molecule has 33 heavy (non-hydrogen) atoms. The first-order valence-corrected chi connectivity index (χ1v) is 12.0. The first-order chi connectivity index (χ1) is 16.1. The van der Waals surface area contributed by atoms with Crippen molar-refractivity contribution in [3.05, 3.63) is 89.5 Å². The average Bonchev–Trinajstić information content (AvgIpc) is 3.35. The second-order valence-corrected chi connectivity index (χ2v) is 8.24. The van der Waals surface area contributed by atoms with Crippen molar-refractivity contribution < 1.29 is 0 Å². The second-order valence-electron chi connectivity index (χ2n) is 8.24. The largest absolute Gasteiger partial charge is 0.354 e. The lowest BCUT2D eigenvalue weighted by Gasteiger charge is -2.13. The van der Waals surface area contributed by atoms with Gasteiger partial charge in [-0.1, -0.05) is 81.5 Å². The highest BCUT2D eigenvalue weighted by Gasteiger charge is 2.19. The van der Waals surface area contributed by atoms with Crippen LogP contribution in [0.25, 0.3) is 50.0 Å². The number of rotatable bonds is 4. The van der Waals surface area contributed by atoms with Crippen molar-refractivity contribution in [3.63, 3.8) is 0 Å². The van der Waals surface area contributed by atoms with Crippen LogP contribution in [0.3, 0.4) is 0 Å². The maximum Gasteiger partial charge on any atom is 0.0586 e. The highest BCUT2D eigenvalue weighted by molar-refractivity contribution is 6.20. The van der Waals surface area contributed by atoms with Crippen molar-refractivity contribution >= 4 is 38.8 Å². The van der Waals surface area contributed by atoms with Crippen LogP contribution >= 0.6 is 0 Å². The minimum Gasteiger partial charge on any atom is -0.354 e. The van der Waals surface area contributed by atoms with Crippen LogP contribution in [0.1, 0.15) is 44.4 Å². The van der Waals surface area contributed by atoms with Gasteiger partial charge in [-0.05, 0) is 55.2 Å². The molecule has 0 aliphatic rings. The fourth-order valence-electron chi connectivity index (χ4n) is 4.95. The van der Waals surface area contributed by atoms with E-state index in [4.69, 9.17) is 0 Å². The zero-order valence-electron chi connectivity index (χ0n) is 20.7. The van der Waals surface area contributed by atoms with Crippen molar-refractivity contribution in [1.29, 1.82) is 0 Å². The fourth-order valence-corrected chi connectivity index (χ4v) is 4.95. The molecule has 5 rings (SSSR count). The molecule has 2 aromatic heterocycles.